The molecule has 6 atom stereocenters. The molecule has 0 bridgehead atoms. The summed E-state index contributed by atoms with van der Waals surface area (Å²) in [5.74, 6) is -0.532. The Hall–Kier alpha value is -1.94. The lowest BCUT2D eigenvalue weighted by Gasteiger charge is -2.21. The fraction of sp³-hybridized carbons (Fsp3) is 0.945. The summed E-state index contributed by atoms with van der Waals surface area (Å²) in [5.41, 5.74) is 0. The van der Waals surface area contributed by atoms with Crippen LogP contribution in [0.1, 0.15) is 375 Å². The molecule has 0 aromatic rings. The molecule has 0 saturated carbocycles. The van der Waals surface area contributed by atoms with Crippen LogP contribution in [-0.4, -0.2) is 96.7 Å². The van der Waals surface area contributed by atoms with Gasteiger partial charge >= 0.3 is 39.5 Å². The zero-order chi connectivity index (χ0) is 67.9. The van der Waals surface area contributed by atoms with Gasteiger partial charge in [-0.2, -0.15) is 0 Å². The molecule has 19 heteroatoms. The molecule has 0 aromatic heterocycles. The number of ether oxygens (including phenoxy) is 4. The second-order valence-electron chi connectivity index (χ2n) is 27.1. The van der Waals surface area contributed by atoms with Crippen LogP contribution in [0.2, 0.25) is 0 Å². The highest BCUT2D eigenvalue weighted by molar-refractivity contribution is 7.47. The van der Waals surface area contributed by atoms with Crippen LogP contribution in [0, 0.1) is 11.8 Å². The van der Waals surface area contributed by atoms with Crippen molar-refractivity contribution in [1.82, 2.24) is 0 Å². The summed E-state index contributed by atoms with van der Waals surface area (Å²) in [7, 11) is -9.90. The minimum absolute atomic E-state index is 0.105. The number of hydrogen-bond acceptors (Lipinski definition) is 15. The van der Waals surface area contributed by atoms with Crippen LogP contribution in [-0.2, 0) is 65.4 Å². The maximum absolute atomic E-state index is 13.0. The molecule has 0 aliphatic heterocycles. The lowest BCUT2D eigenvalue weighted by molar-refractivity contribution is -0.161. The van der Waals surface area contributed by atoms with Crippen molar-refractivity contribution in [1.29, 1.82) is 0 Å². The first-order chi connectivity index (χ1) is 44.4. The molecule has 0 rings (SSSR count). The molecular formula is C73H142O17P2. The van der Waals surface area contributed by atoms with Gasteiger partial charge in [-0.15, -0.1) is 0 Å². The normalized spacial score (nSPS) is 14.4. The Labute approximate surface area is 562 Å². The van der Waals surface area contributed by atoms with Gasteiger partial charge in [-0.25, -0.2) is 9.13 Å². The Balaban J connectivity index is 5.16. The van der Waals surface area contributed by atoms with E-state index in [-0.39, 0.29) is 25.7 Å². The number of unbranched alkanes of at least 4 members (excludes halogenated alkanes) is 41. The van der Waals surface area contributed by atoms with E-state index in [0.717, 1.165) is 108 Å². The summed E-state index contributed by atoms with van der Waals surface area (Å²) in [4.78, 5) is 72.4. The maximum atomic E-state index is 13.0. The van der Waals surface area contributed by atoms with Gasteiger partial charge in [-0.3, -0.25) is 37.3 Å². The average Bonchev–Trinajstić information content (AvgIpc) is 1.66. The van der Waals surface area contributed by atoms with Crippen LogP contribution < -0.4 is 0 Å². The van der Waals surface area contributed by atoms with Gasteiger partial charge in [0, 0.05) is 25.7 Å². The van der Waals surface area contributed by atoms with Crippen molar-refractivity contribution in [2.45, 2.75) is 394 Å². The number of hydrogen-bond donors (Lipinski definition) is 3. The Bertz CT molecular complexity index is 1790. The van der Waals surface area contributed by atoms with E-state index in [1.807, 2.05) is 0 Å². The Morgan fingerprint density at radius 1 is 0.315 bits per heavy atom. The number of phosphoric acid groups is 2. The van der Waals surface area contributed by atoms with Gasteiger partial charge in [0.2, 0.25) is 0 Å². The predicted octanol–water partition coefficient (Wildman–Crippen LogP) is 21.2. The lowest BCUT2D eigenvalue weighted by atomic mass is 9.99. The molecule has 0 saturated heterocycles. The number of esters is 4. The van der Waals surface area contributed by atoms with Gasteiger partial charge in [-0.1, -0.05) is 324 Å². The van der Waals surface area contributed by atoms with Gasteiger partial charge in [0.05, 0.1) is 26.4 Å². The monoisotopic (exact) mass is 1350 g/mol. The average molecular weight is 1350 g/mol. The molecule has 0 aliphatic carbocycles. The topological polar surface area (TPSA) is 237 Å². The number of carbonyl (C=O) groups is 4. The molecule has 0 heterocycles. The third-order valence-electron chi connectivity index (χ3n) is 17.3. The molecule has 0 spiro atoms. The minimum atomic E-state index is -4.95. The predicted molar refractivity (Wildman–Crippen MR) is 372 cm³/mol. The zero-order valence-electron chi connectivity index (χ0n) is 59.9. The van der Waals surface area contributed by atoms with E-state index < -0.39 is 97.5 Å². The van der Waals surface area contributed by atoms with Crippen LogP contribution in [0.3, 0.4) is 0 Å². The Kier molecular flexibility index (Phi) is 63.7. The third kappa shape index (κ3) is 65.4. The van der Waals surface area contributed by atoms with Gasteiger partial charge < -0.3 is 33.8 Å². The molecule has 3 unspecified atom stereocenters. The number of phosphoric ester groups is 2. The largest absolute Gasteiger partial charge is 0.472 e. The quantitative estimate of drug-likeness (QED) is 0.0222. The van der Waals surface area contributed by atoms with E-state index >= 15 is 0 Å². The molecule has 0 fully saturated rings. The molecule has 0 aliphatic rings. The summed E-state index contributed by atoms with van der Waals surface area (Å²) >= 11 is 0. The van der Waals surface area contributed by atoms with Crippen LogP contribution in [0.25, 0.3) is 0 Å². The van der Waals surface area contributed by atoms with E-state index in [1.165, 1.54) is 186 Å². The Morgan fingerprint density at radius 3 is 0.826 bits per heavy atom. The fourth-order valence-electron chi connectivity index (χ4n) is 11.1. The van der Waals surface area contributed by atoms with Crippen LogP contribution in [0.15, 0.2) is 0 Å². The van der Waals surface area contributed by atoms with Gasteiger partial charge in [0.1, 0.15) is 19.3 Å². The summed E-state index contributed by atoms with van der Waals surface area (Å²) < 4.78 is 68.2. The summed E-state index contributed by atoms with van der Waals surface area (Å²) in [6, 6.07) is 0. The summed E-state index contributed by atoms with van der Waals surface area (Å²) in [6.45, 7) is 9.53. The summed E-state index contributed by atoms with van der Waals surface area (Å²) in [6.07, 6.45) is 51.7. The highest BCUT2D eigenvalue weighted by Crippen LogP contribution is 2.45. The van der Waals surface area contributed by atoms with Gasteiger partial charge in [-0.05, 0) is 37.5 Å². The molecule has 0 aromatic carbocycles. The van der Waals surface area contributed by atoms with Crippen LogP contribution in [0.5, 0.6) is 0 Å². The number of rotatable bonds is 72. The van der Waals surface area contributed by atoms with Crippen molar-refractivity contribution in [2.75, 3.05) is 39.6 Å². The van der Waals surface area contributed by atoms with Crippen molar-refractivity contribution < 1.29 is 80.2 Å². The van der Waals surface area contributed by atoms with Gasteiger partial charge in [0.25, 0.3) is 0 Å². The highest BCUT2D eigenvalue weighted by atomic mass is 31.2. The van der Waals surface area contributed by atoms with Crippen molar-refractivity contribution in [3.63, 3.8) is 0 Å². The first-order valence-corrected chi connectivity index (χ1v) is 41.0. The lowest BCUT2D eigenvalue weighted by Crippen LogP contribution is -2.30. The highest BCUT2D eigenvalue weighted by Gasteiger charge is 2.30. The summed E-state index contributed by atoms with van der Waals surface area (Å²) in [5, 5.41) is 10.6. The molecule has 3 N–H and O–H groups in total. The van der Waals surface area contributed by atoms with E-state index in [4.69, 9.17) is 37.0 Å². The number of carbonyl (C=O) groups excluding carboxylic acids is 4. The van der Waals surface area contributed by atoms with Crippen molar-refractivity contribution in [2.24, 2.45) is 11.8 Å². The van der Waals surface area contributed by atoms with Crippen molar-refractivity contribution >= 4 is 39.5 Å². The minimum Gasteiger partial charge on any atom is -0.462 e. The number of aliphatic hydroxyl groups is 1. The van der Waals surface area contributed by atoms with Gasteiger partial charge in [0.15, 0.2) is 12.2 Å². The zero-order valence-corrected chi connectivity index (χ0v) is 61.6. The molecule has 0 amide bonds. The fourth-order valence-corrected chi connectivity index (χ4v) is 12.7. The Morgan fingerprint density at radius 2 is 0.554 bits per heavy atom. The number of aliphatic hydroxyl groups excluding tert-OH is 1. The molecule has 0 radical (unpaired) electrons. The first kappa shape index (κ1) is 90.1. The van der Waals surface area contributed by atoms with E-state index in [1.54, 1.807) is 0 Å². The van der Waals surface area contributed by atoms with Crippen LogP contribution in [0.4, 0.5) is 0 Å². The first-order valence-electron chi connectivity index (χ1n) is 38.0. The molecule has 17 nitrogen and oxygen atoms in total. The van der Waals surface area contributed by atoms with Crippen molar-refractivity contribution in [3.05, 3.63) is 0 Å². The van der Waals surface area contributed by atoms with Crippen molar-refractivity contribution in [3.8, 4) is 0 Å². The molecular weight excluding hydrogens is 1210 g/mol. The third-order valence-corrected chi connectivity index (χ3v) is 19.2. The van der Waals surface area contributed by atoms with Crippen LogP contribution >= 0.6 is 15.6 Å². The maximum Gasteiger partial charge on any atom is 0.472 e. The second kappa shape index (κ2) is 65.0. The molecule has 546 valence electrons. The van der Waals surface area contributed by atoms with E-state index in [0.29, 0.717) is 25.7 Å². The van der Waals surface area contributed by atoms with E-state index in [9.17, 15) is 43.2 Å². The molecule has 92 heavy (non-hydrogen) atoms. The SMILES string of the molecule is CCCCCCCCCCCCCCCCCCC(=O)OC[C@H](COP(=O)(O)OC[C@@H](O)COP(=O)(O)OC[C@@H](COC(=O)CCCCCCC)OC(=O)CCCCCCCCCCCCC(C)C)OC(=O)CCCCCCCCCCCCCCCCC(C)CC. The standard InChI is InChI=1S/C73H142O17P2/c1-7-10-12-14-15-16-17-18-19-20-24-27-33-38-44-50-56-71(76)84-62-69(90-73(78)57-51-45-39-34-28-25-22-21-23-26-32-37-43-48-54-66(6)9-3)64-88-92(81,82)86-60-67(74)59-85-91(79,80)87-63-68(61-83-70(75)55-49-41-13-11-8-2)89-72(77)58-52-46-40-35-30-29-31-36-42-47-53-65(4)5/h65-69,74H,7-64H2,1-6H3,(H,79,80)(H,81,82)/t66?,67-,68+,69+/m0/s1. The smallest absolute Gasteiger partial charge is 0.462 e. The second-order valence-corrected chi connectivity index (χ2v) is 30.0. The van der Waals surface area contributed by atoms with E-state index in [2.05, 4.69) is 41.5 Å².